The SMILES string of the molecule is O[C@H]1[C@@H](OCc2ccccc2)[C@@H](OCc2ccccc2)[C@@H](O[C@H]2[C@H](OCc3ccccc3)[C@@H](OCc3ccccc3)[C@@H](O[C@H]3[C@H](OCc4ccccc4)[C@@H](OCc4ccccc4)[C@@H](O[C@H]4[C@H](OCc5ccccc5)[C@@H](OCc5ccccc5)[C@@H](O)O[C@@H]4COCc4ccccc4)O[C@@H]3COCc3ccccc3)O[C@@H]2COCc2ccccc2)O[C@@H]1COCc1ccccc1. The Labute approximate surface area is 755 Å². The quantitative estimate of drug-likeness (QED) is 0.0363. The Hall–Kier alpha value is -10.2. The third-order valence-electron chi connectivity index (χ3n) is 23.1. The first kappa shape index (κ1) is 92.1. The summed E-state index contributed by atoms with van der Waals surface area (Å²) in [5, 5.41) is 25.6. The van der Waals surface area contributed by atoms with E-state index in [2.05, 4.69) is 0 Å². The van der Waals surface area contributed by atoms with Gasteiger partial charge in [0, 0.05) is 0 Å². The molecule has 20 atom stereocenters. The molecule has 12 aromatic carbocycles. The van der Waals surface area contributed by atoms with Crippen molar-refractivity contribution in [3.8, 4) is 0 Å². The van der Waals surface area contributed by atoms with E-state index >= 15 is 0 Å². The average Bonchev–Trinajstić information content (AvgIpc) is 0.760. The van der Waals surface area contributed by atoms with Gasteiger partial charge in [-0.2, -0.15) is 0 Å². The van der Waals surface area contributed by atoms with Gasteiger partial charge in [0.2, 0.25) is 0 Å². The Balaban J connectivity index is 0.831. The van der Waals surface area contributed by atoms with E-state index in [-0.39, 0.29) is 106 Å². The zero-order chi connectivity index (χ0) is 87.7. The topological polar surface area (TPSA) is 216 Å². The molecular formula is C108H114O21. The maximum Gasteiger partial charge on any atom is 0.187 e. The van der Waals surface area contributed by atoms with Gasteiger partial charge in [0.15, 0.2) is 25.2 Å². The summed E-state index contributed by atoms with van der Waals surface area (Å²) in [6, 6.07) is 118. The Morgan fingerprint density at radius 3 is 0.581 bits per heavy atom. The van der Waals surface area contributed by atoms with Gasteiger partial charge in [0.25, 0.3) is 0 Å². The molecule has 0 spiro atoms. The summed E-state index contributed by atoms with van der Waals surface area (Å²) in [6.07, 6.45) is -24.4. The molecule has 0 radical (unpaired) electrons. The van der Waals surface area contributed by atoms with Gasteiger partial charge in [-0.3, -0.25) is 0 Å². The van der Waals surface area contributed by atoms with Gasteiger partial charge in [-0.1, -0.05) is 364 Å². The molecule has 2 N–H and O–H groups in total. The van der Waals surface area contributed by atoms with E-state index in [4.69, 9.17) is 90.0 Å². The molecule has 0 saturated carbocycles. The van der Waals surface area contributed by atoms with Gasteiger partial charge >= 0.3 is 0 Å². The lowest BCUT2D eigenvalue weighted by atomic mass is 9.94. The lowest BCUT2D eigenvalue weighted by molar-refractivity contribution is -0.402. The molecule has 0 amide bonds. The summed E-state index contributed by atoms with van der Waals surface area (Å²) in [5.41, 5.74) is 10.4. The van der Waals surface area contributed by atoms with Crippen molar-refractivity contribution in [2.75, 3.05) is 26.4 Å². The minimum absolute atomic E-state index is 0.0162. The monoisotopic (exact) mass is 1750 g/mol. The second kappa shape index (κ2) is 49.2. The van der Waals surface area contributed by atoms with Gasteiger partial charge in [-0.05, 0) is 66.8 Å². The summed E-state index contributed by atoms with van der Waals surface area (Å²) in [7, 11) is 0. The Bertz CT molecular complexity index is 5070. The van der Waals surface area contributed by atoms with Crippen molar-refractivity contribution in [3.63, 3.8) is 0 Å². The Kier molecular flexibility index (Phi) is 35.1. The van der Waals surface area contributed by atoms with E-state index in [1.54, 1.807) is 0 Å². The zero-order valence-corrected chi connectivity index (χ0v) is 72.2. The average molecular weight is 1750 g/mol. The third kappa shape index (κ3) is 27.0. The summed E-state index contributed by atoms with van der Waals surface area (Å²) < 4.78 is 139. The molecule has 12 aromatic rings. The van der Waals surface area contributed by atoms with Crippen molar-refractivity contribution < 1.29 is 100 Å². The number of aliphatic hydroxyl groups is 2. The van der Waals surface area contributed by atoms with E-state index in [1.807, 2.05) is 364 Å². The van der Waals surface area contributed by atoms with E-state index < -0.39 is 123 Å². The van der Waals surface area contributed by atoms with Gasteiger partial charge < -0.3 is 100 Å². The van der Waals surface area contributed by atoms with Crippen molar-refractivity contribution in [3.05, 3.63) is 431 Å². The molecule has 0 aliphatic carbocycles. The lowest BCUT2D eigenvalue weighted by Crippen LogP contribution is -2.69. The first-order valence-corrected chi connectivity index (χ1v) is 44.5. The number of benzene rings is 12. The standard InChI is InChI=1S/C108H114O21/c109-93-89(73-111-61-77-37-13-1-14-38-77)124-106(102(120-70-86-55-31-10-32-56-86)97(93)115-65-81-45-21-5-22-46-81)128-95-91(75-113-63-79-41-17-3-18-42-79)126-108(104(122-72-88-59-35-12-36-60-88)99(95)117-67-83-49-25-7-26-50-83)129-96-92(76-114-64-80-43-19-4-20-44-80)125-107(103(121-71-87-57-33-11-34-58-87)100(96)118-68-84-51-27-8-28-52-84)127-94-90(74-112-62-78-39-15-2-16-40-78)123-105(110)101(119-69-85-53-29-9-30-54-85)98(94)116-66-82-47-23-6-24-48-82/h1-60,89-110H,61-76H2/t89-,90-,91-,92-,93-,94-,95-,96-,97-,98+,99+,100+,101-,102-,103-,104-,105+,106-,107-,108-/m1/s1. The largest absolute Gasteiger partial charge is 0.387 e. The third-order valence-corrected chi connectivity index (χ3v) is 23.1. The van der Waals surface area contributed by atoms with E-state index in [0.717, 1.165) is 66.8 Å². The van der Waals surface area contributed by atoms with Crippen molar-refractivity contribution in [1.82, 2.24) is 0 Å². The molecule has 4 aliphatic heterocycles. The summed E-state index contributed by atoms with van der Waals surface area (Å²) in [6.45, 7) is 0.734. The van der Waals surface area contributed by atoms with Gasteiger partial charge in [0.05, 0.1) is 106 Å². The van der Waals surface area contributed by atoms with Gasteiger partial charge in [0.1, 0.15) is 97.7 Å². The van der Waals surface area contributed by atoms with Crippen LogP contribution in [0.25, 0.3) is 0 Å². The fourth-order valence-corrected chi connectivity index (χ4v) is 16.4. The highest BCUT2D eigenvalue weighted by molar-refractivity contribution is 5.23. The molecule has 4 saturated heterocycles. The minimum atomic E-state index is -1.54. The zero-order valence-electron chi connectivity index (χ0n) is 72.2. The van der Waals surface area contributed by atoms with E-state index in [1.165, 1.54) is 0 Å². The summed E-state index contributed by atoms with van der Waals surface area (Å²) in [5.74, 6) is 0. The second-order valence-electron chi connectivity index (χ2n) is 32.6. The molecule has 0 unspecified atom stereocenters. The molecule has 0 bridgehead atoms. The van der Waals surface area contributed by atoms with Crippen LogP contribution in [0.2, 0.25) is 0 Å². The number of rotatable bonds is 46. The Morgan fingerprint density at radius 1 is 0.171 bits per heavy atom. The highest BCUT2D eigenvalue weighted by Crippen LogP contribution is 2.42. The fourth-order valence-electron chi connectivity index (χ4n) is 16.4. The summed E-state index contributed by atoms with van der Waals surface area (Å²) in [4.78, 5) is 0. The van der Waals surface area contributed by atoms with Gasteiger partial charge in [-0.15, -0.1) is 0 Å². The van der Waals surface area contributed by atoms with Crippen LogP contribution in [0.3, 0.4) is 0 Å². The van der Waals surface area contributed by atoms with Crippen LogP contribution in [0.5, 0.6) is 0 Å². The van der Waals surface area contributed by atoms with Crippen LogP contribution in [0.1, 0.15) is 66.8 Å². The molecule has 4 aliphatic rings. The summed E-state index contributed by atoms with van der Waals surface area (Å²) >= 11 is 0. The smallest absolute Gasteiger partial charge is 0.187 e. The number of hydrogen-bond donors (Lipinski definition) is 2. The maximum absolute atomic E-state index is 13.0. The first-order valence-electron chi connectivity index (χ1n) is 44.5. The predicted octanol–water partition coefficient (Wildman–Crippen LogP) is 16.9. The second-order valence-corrected chi connectivity index (χ2v) is 32.6. The number of hydrogen-bond acceptors (Lipinski definition) is 21. The molecule has 672 valence electrons. The van der Waals surface area contributed by atoms with Crippen LogP contribution < -0.4 is 0 Å². The maximum atomic E-state index is 13.0. The molecule has 21 heteroatoms. The van der Waals surface area contributed by atoms with Crippen LogP contribution in [0, 0.1) is 0 Å². The normalized spacial score (nSPS) is 25.8. The van der Waals surface area contributed by atoms with E-state index in [0.29, 0.717) is 0 Å². The molecule has 4 heterocycles. The van der Waals surface area contributed by atoms with Crippen LogP contribution in [0.15, 0.2) is 364 Å². The molecule has 21 nitrogen and oxygen atoms in total. The van der Waals surface area contributed by atoms with Gasteiger partial charge in [-0.25, -0.2) is 0 Å². The van der Waals surface area contributed by atoms with Crippen LogP contribution >= 0.6 is 0 Å². The molecule has 129 heavy (non-hydrogen) atoms. The predicted molar refractivity (Wildman–Crippen MR) is 482 cm³/mol. The molecule has 0 aromatic heterocycles. The molecular weight excluding hydrogens is 1630 g/mol. The Morgan fingerprint density at radius 2 is 0.341 bits per heavy atom. The first-order chi connectivity index (χ1) is 63.8. The fraction of sp³-hybridized carbons (Fsp3) is 0.333. The number of ether oxygens (including phenoxy) is 19. The van der Waals surface area contributed by atoms with Crippen LogP contribution in [-0.2, 0) is 169 Å². The lowest BCUT2D eigenvalue weighted by Gasteiger charge is -2.52. The molecule has 16 rings (SSSR count). The van der Waals surface area contributed by atoms with Crippen molar-refractivity contribution in [2.45, 2.75) is 202 Å². The highest BCUT2D eigenvalue weighted by Gasteiger charge is 2.59. The van der Waals surface area contributed by atoms with Crippen LogP contribution in [0.4, 0.5) is 0 Å². The minimum Gasteiger partial charge on any atom is -0.387 e. The van der Waals surface area contributed by atoms with E-state index in [9.17, 15) is 10.2 Å². The highest BCUT2D eigenvalue weighted by atomic mass is 16.8. The molecule has 4 fully saturated rings. The van der Waals surface area contributed by atoms with Crippen molar-refractivity contribution in [1.29, 1.82) is 0 Å². The number of aliphatic hydroxyl groups excluding tert-OH is 2. The van der Waals surface area contributed by atoms with Crippen molar-refractivity contribution in [2.24, 2.45) is 0 Å². The van der Waals surface area contributed by atoms with Crippen molar-refractivity contribution >= 4 is 0 Å². The van der Waals surface area contributed by atoms with Crippen LogP contribution in [-0.4, -0.2) is 159 Å².